The summed E-state index contributed by atoms with van der Waals surface area (Å²) in [5.41, 5.74) is 4.57. The van der Waals surface area contributed by atoms with E-state index < -0.39 is 18.2 Å². The number of hydrogen-bond acceptors (Lipinski definition) is 4. The van der Waals surface area contributed by atoms with Crippen LogP contribution in [-0.4, -0.2) is 37.0 Å². The molecule has 0 spiro atoms. The third-order valence-corrected chi connectivity index (χ3v) is 5.88. The van der Waals surface area contributed by atoms with Crippen LogP contribution in [0.15, 0.2) is 48.5 Å². The van der Waals surface area contributed by atoms with Gasteiger partial charge in [0.25, 0.3) is 0 Å². The Bertz CT molecular complexity index is 940. The monoisotopic (exact) mass is 450 g/mol. The van der Waals surface area contributed by atoms with Crippen LogP contribution >= 0.6 is 0 Å². The largest absolute Gasteiger partial charge is 0.449 e. The zero-order chi connectivity index (χ0) is 24.0. The Hall–Kier alpha value is -3.15. The molecule has 6 heteroatoms. The fraction of sp³-hybridized carbons (Fsp3) is 0.444. The molecule has 0 saturated carbocycles. The van der Waals surface area contributed by atoms with Gasteiger partial charge in [-0.25, -0.2) is 4.79 Å². The van der Waals surface area contributed by atoms with Crippen molar-refractivity contribution in [3.8, 4) is 11.1 Å². The lowest BCUT2D eigenvalue weighted by Gasteiger charge is -2.23. The molecule has 33 heavy (non-hydrogen) atoms. The van der Waals surface area contributed by atoms with Crippen LogP contribution in [0.5, 0.6) is 0 Å². The molecule has 2 amide bonds. The molecular formula is C27H34N2O4. The molecule has 0 unspecified atom stereocenters. The molecule has 1 aliphatic carbocycles. The van der Waals surface area contributed by atoms with E-state index >= 15 is 0 Å². The van der Waals surface area contributed by atoms with E-state index in [1.54, 1.807) is 0 Å². The lowest BCUT2D eigenvalue weighted by atomic mass is 9.98. The maximum Gasteiger partial charge on any atom is 0.407 e. The highest BCUT2D eigenvalue weighted by atomic mass is 16.5. The Kier molecular flexibility index (Phi) is 8.26. The van der Waals surface area contributed by atoms with Crippen molar-refractivity contribution in [2.24, 2.45) is 11.8 Å². The first kappa shape index (κ1) is 24.5. The Labute approximate surface area is 196 Å². The Morgan fingerprint density at radius 1 is 0.879 bits per heavy atom. The smallest absolute Gasteiger partial charge is 0.407 e. The van der Waals surface area contributed by atoms with Crippen LogP contribution in [0.3, 0.4) is 0 Å². The minimum atomic E-state index is -0.768. The zero-order valence-corrected chi connectivity index (χ0v) is 19.8. The van der Waals surface area contributed by atoms with Crippen LogP contribution in [0.2, 0.25) is 0 Å². The summed E-state index contributed by atoms with van der Waals surface area (Å²) in [6.07, 6.45) is 1.11. The molecule has 2 atom stereocenters. The van der Waals surface area contributed by atoms with Gasteiger partial charge in [0, 0.05) is 5.92 Å². The van der Waals surface area contributed by atoms with Gasteiger partial charge >= 0.3 is 6.09 Å². The van der Waals surface area contributed by atoms with Crippen LogP contribution in [0.4, 0.5) is 4.79 Å². The van der Waals surface area contributed by atoms with Gasteiger partial charge in [-0.05, 0) is 46.9 Å². The van der Waals surface area contributed by atoms with Gasteiger partial charge in [0.1, 0.15) is 18.9 Å². The standard InChI is InChI=1S/C27H34N2O4/c1-17(2)13-19(15-30)28-26(31)25(14-18(3)4)29-27(32)33-16-24-22-11-7-5-9-20(22)21-10-6-8-12-23(21)24/h5-12,15,17-19,24-25H,13-14,16H2,1-4H3,(H,28,31)(H,29,32)/t19-,25-/m0/s1. The number of aldehydes is 1. The Morgan fingerprint density at radius 2 is 1.42 bits per heavy atom. The van der Waals surface area contributed by atoms with E-state index in [9.17, 15) is 14.4 Å². The molecule has 6 nitrogen and oxygen atoms in total. The number of hydrogen-bond donors (Lipinski definition) is 2. The predicted molar refractivity (Wildman–Crippen MR) is 129 cm³/mol. The maximum atomic E-state index is 12.8. The van der Waals surface area contributed by atoms with E-state index in [1.165, 1.54) is 0 Å². The first-order valence-corrected chi connectivity index (χ1v) is 11.7. The second-order valence-electron chi connectivity index (χ2n) is 9.53. The fourth-order valence-corrected chi connectivity index (χ4v) is 4.42. The highest BCUT2D eigenvalue weighted by molar-refractivity contribution is 5.87. The number of nitrogens with one attached hydrogen (secondary N) is 2. The number of rotatable bonds is 10. The molecule has 0 fully saturated rings. The second-order valence-corrected chi connectivity index (χ2v) is 9.53. The van der Waals surface area contributed by atoms with Crippen molar-refractivity contribution in [3.05, 3.63) is 59.7 Å². The number of amides is 2. The third-order valence-electron chi connectivity index (χ3n) is 5.88. The molecule has 0 radical (unpaired) electrons. The average Bonchev–Trinajstić information content (AvgIpc) is 3.10. The second kappa shape index (κ2) is 11.1. The summed E-state index contributed by atoms with van der Waals surface area (Å²) in [5.74, 6) is 0.0227. The zero-order valence-electron chi connectivity index (χ0n) is 19.8. The van der Waals surface area contributed by atoms with Crippen LogP contribution in [0.25, 0.3) is 11.1 Å². The minimum absolute atomic E-state index is 0.0500. The van der Waals surface area contributed by atoms with Gasteiger partial charge in [-0.15, -0.1) is 0 Å². The minimum Gasteiger partial charge on any atom is -0.449 e. The number of benzene rings is 2. The number of carbonyl (C=O) groups is 3. The first-order valence-electron chi connectivity index (χ1n) is 11.7. The summed E-state index contributed by atoms with van der Waals surface area (Å²) in [5, 5.41) is 5.47. The molecule has 0 bridgehead atoms. The number of fused-ring (bicyclic) bond motifs is 3. The van der Waals surface area contributed by atoms with Crippen LogP contribution in [-0.2, 0) is 14.3 Å². The topological polar surface area (TPSA) is 84.5 Å². The van der Waals surface area contributed by atoms with Crippen molar-refractivity contribution in [2.75, 3.05) is 6.61 Å². The summed E-state index contributed by atoms with van der Waals surface area (Å²) < 4.78 is 5.60. The van der Waals surface area contributed by atoms with E-state index in [0.29, 0.717) is 12.8 Å². The quantitative estimate of drug-likeness (QED) is 0.515. The van der Waals surface area contributed by atoms with E-state index in [0.717, 1.165) is 28.5 Å². The molecule has 0 aromatic heterocycles. The van der Waals surface area contributed by atoms with Gasteiger partial charge in [0.05, 0.1) is 6.04 Å². The van der Waals surface area contributed by atoms with Gasteiger partial charge in [-0.3, -0.25) is 4.79 Å². The lowest BCUT2D eigenvalue weighted by molar-refractivity contribution is -0.126. The molecular weight excluding hydrogens is 416 g/mol. The highest BCUT2D eigenvalue weighted by Gasteiger charge is 2.30. The first-order chi connectivity index (χ1) is 15.8. The summed E-state index contributed by atoms with van der Waals surface area (Å²) in [4.78, 5) is 36.8. The average molecular weight is 451 g/mol. The summed E-state index contributed by atoms with van der Waals surface area (Å²) >= 11 is 0. The maximum absolute atomic E-state index is 12.8. The number of carbonyl (C=O) groups excluding carboxylic acids is 3. The Balaban J connectivity index is 1.65. The van der Waals surface area contributed by atoms with Crippen molar-refractivity contribution < 1.29 is 19.1 Å². The normalized spacial score (nSPS) is 14.4. The van der Waals surface area contributed by atoms with Gasteiger partial charge in [0.2, 0.25) is 5.91 Å². The molecule has 0 aliphatic heterocycles. The van der Waals surface area contributed by atoms with Crippen molar-refractivity contribution in [1.29, 1.82) is 0 Å². The van der Waals surface area contributed by atoms with Crippen molar-refractivity contribution >= 4 is 18.3 Å². The van der Waals surface area contributed by atoms with Crippen LogP contribution < -0.4 is 10.6 Å². The van der Waals surface area contributed by atoms with Gasteiger partial charge in [-0.1, -0.05) is 76.2 Å². The van der Waals surface area contributed by atoms with Crippen LogP contribution in [0.1, 0.15) is 57.6 Å². The lowest BCUT2D eigenvalue weighted by Crippen LogP contribution is -2.51. The van der Waals surface area contributed by atoms with Crippen molar-refractivity contribution in [3.63, 3.8) is 0 Å². The van der Waals surface area contributed by atoms with E-state index in [2.05, 4.69) is 34.9 Å². The highest BCUT2D eigenvalue weighted by Crippen LogP contribution is 2.44. The van der Waals surface area contributed by atoms with E-state index in [4.69, 9.17) is 4.74 Å². The third kappa shape index (κ3) is 6.21. The summed E-state index contributed by atoms with van der Waals surface area (Å²) in [6, 6.07) is 14.9. The summed E-state index contributed by atoms with van der Waals surface area (Å²) in [7, 11) is 0. The van der Waals surface area contributed by atoms with Gasteiger partial charge < -0.3 is 20.2 Å². The molecule has 2 aromatic rings. The molecule has 1 aliphatic rings. The molecule has 2 N–H and O–H groups in total. The molecule has 176 valence electrons. The molecule has 2 aromatic carbocycles. The van der Waals surface area contributed by atoms with E-state index in [-0.39, 0.29) is 30.3 Å². The molecule has 0 saturated heterocycles. The van der Waals surface area contributed by atoms with Crippen molar-refractivity contribution in [1.82, 2.24) is 10.6 Å². The number of ether oxygens (including phenoxy) is 1. The van der Waals surface area contributed by atoms with Crippen molar-refractivity contribution in [2.45, 2.75) is 58.5 Å². The number of alkyl carbamates (subject to hydrolysis) is 1. The van der Waals surface area contributed by atoms with Crippen LogP contribution in [0, 0.1) is 11.8 Å². The fourth-order valence-electron chi connectivity index (χ4n) is 4.42. The molecule has 0 heterocycles. The molecule has 3 rings (SSSR count). The predicted octanol–water partition coefficient (Wildman–Crippen LogP) is 4.67. The van der Waals surface area contributed by atoms with Gasteiger partial charge in [-0.2, -0.15) is 0 Å². The SMILES string of the molecule is CC(C)C[C@@H](C=O)NC(=O)[C@H](CC(C)C)NC(=O)OCC1c2ccccc2-c2ccccc21. The van der Waals surface area contributed by atoms with E-state index in [1.807, 2.05) is 52.0 Å². The summed E-state index contributed by atoms with van der Waals surface area (Å²) in [6.45, 7) is 8.11. The Morgan fingerprint density at radius 3 is 1.94 bits per heavy atom. The van der Waals surface area contributed by atoms with Gasteiger partial charge in [0.15, 0.2) is 0 Å².